The van der Waals surface area contributed by atoms with Crippen LogP contribution in [0.15, 0.2) is 76.8 Å². The van der Waals surface area contributed by atoms with E-state index in [1.54, 1.807) is 42.5 Å². The topological polar surface area (TPSA) is 79.7 Å². The third-order valence-electron chi connectivity index (χ3n) is 5.52. The van der Waals surface area contributed by atoms with Crippen LogP contribution >= 0.6 is 27.3 Å². The molecule has 0 aliphatic carbocycles. The third-order valence-corrected chi connectivity index (χ3v) is 7.03. The maximum atomic E-state index is 13.7. The van der Waals surface area contributed by atoms with Gasteiger partial charge in [0.15, 0.2) is 5.13 Å². The van der Waals surface area contributed by atoms with Gasteiger partial charge in [0, 0.05) is 10.0 Å². The van der Waals surface area contributed by atoms with E-state index in [4.69, 9.17) is 4.74 Å². The van der Waals surface area contributed by atoms with Gasteiger partial charge < -0.3 is 9.84 Å². The van der Waals surface area contributed by atoms with Gasteiger partial charge in [-0.1, -0.05) is 39.4 Å². The largest absolute Gasteiger partial charge is 0.507 e. The molecular weight excluding hydrogens is 523 g/mol. The summed E-state index contributed by atoms with van der Waals surface area (Å²) in [5.74, 6) is -1.79. The van der Waals surface area contributed by atoms with Crippen LogP contribution in [0.3, 0.4) is 0 Å². The average Bonchev–Trinajstić information content (AvgIpc) is 3.36. The average molecular weight is 539 g/mol. The van der Waals surface area contributed by atoms with Crippen molar-refractivity contribution in [3.63, 3.8) is 0 Å². The van der Waals surface area contributed by atoms with Crippen molar-refractivity contribution in [1.29, 1.82) is 0 Å². The van der Waals surface area contributed by atoms with Gasteiger partial charge in [-0.2, -0.15) is 0 Å². The maximum absolute atomic E-state index is 13.7. The number of amides is 1. The number of Topliss-reactive ketones (excluding diaryl/α,β-unsaturated/α-hetero) is 1. The van der Waals surface area contributed by atoms with E-state index in [-0.39, 0.29) is 16.5 Å². The first-order valence-corrected chi connectivity index (χ1v) is 11.8. The summed E-state index contributed by atoms with van der Waals surface area (Å²) < 4.78 is 20.2. The number of benzene rings is 3. The number of anilines is 1. The summed E-state index contributed by atoms with van der Waals surface area (Å²) in [4.78, 5) is 32.2. The highest BCUT2D eigenvalue weighted by Crippen LogP contribution is 2.44. The molecule has 1 saturated heterocycles. The van der Waals surface area contributed by atoms with Gasteiger partial charge in [0.05, 0.1) is 28.9 Å². The second-order valence-electron chi connectivity index (χ2n) is 7.56. The van der Waals surface area contributed by atoms with Crippen LogP contribution < -0.4 is 9.64 Å². The van der Waals surface area contributed by atoms with E-state index >= 15 is 0 Å². The smallest absolute Gasteiger partial charge is 0.301 e. The Kier molecular flexibility index (Phi) is 5.66. The Morgan fingerprint density at radius 2 is 1.88 bits per heavy atom. The van der Waals surface area contributed by atoms with Gasteiger partial charge in [0.2, 0.25) is 0 Å². The Balaban J connectivity index is 1.72. The van der Waals surface area contributed by atoms with Crippen LogP contribution in [-0.4, -0.2) is 28.9 Å². The molecule has 0 radical (unpaired) electrons. The fraction of sp³-hybridized carbons (Fsp3) is 0.0800. The summed E-state index contributed by atoms with van der Waals surface area (Å²) >= 11 is 4.53. The predicted molar refractivity (Wildman–Crippen MR) is 131 cm³/mol. The van der Waals surface area contributed by atoms with Gasteiger partial charge in [-0.25, -0.2) is 9.37 Å². The molecule has 0 unspecified atom stereocenters. The molecule has 3 aromatic carbocycles. The van der Waals surface area contributed by atoms with Gasteiger partial charge in [-0.15, -0.1) is 0 Å². The molecule has 170 valence electrons. The van der Waals surface area contributed by atoms with E-state index in [0.29, 0.717) is 27.1 Å². The minimum atomic E-state index is -0.926. The van der Waals surface area contributed by atoms with Crippen LogP contribution in [0, 0.1) is 5.82 Å². The van der Waals surface area contributed by atoms with Crippen molar-refractivity contribution in [2.45, 2.75) is 6.04 Å². The van der Waals surface area contributed by atoms with Crippen LogP contribution in [0.4, 0.5) is 9.52 Å². The molecule has 0 bridgehead atoms. The SMILES string of the molecule is COc1ccc(C(O)=C2C(=O)C(=O)N(c3nc4ccc(F)cc4s3)[C@@H]2c2cccc(Br)c2)cc1. The van der Waals surface area contributed by atoms with E-state index in [1.165, 1.54) is 30.2 Å². The molecular formula is C25H16BrFN2O4S. The number of ketones is 1. The van der Waals surface area contributed by atoms with Crippen LogP contribution in [0.25, 0.3) is 16.0 Å². The number of aliphatic hydroxyl groups excluding tert-OH is 1. The second-order valence-corrected chi connectivity index (χ2v) is 9.49. The van der Waals surface area contributed by atoms with E-state index < -0.39 is 23.5 Å². The van der Waals surface area contributed by atoms with Crippen molar-refractivity contribution >= 4 is 60.1 Å². The second kappa shape index (κ2) is 8.66. The molecule has 1 atom stereocenters. The van der Waals surface area contributed by atoms with Gasteiger partial charge >= 0.3 is 5.91 Å². The zero-order chi connectivity index (χ0) is 24.0. The number of fused-ring (bicyclic) bond motifs is 1. The molecule has 1 aromatic heterocycles. The number of aromatic nitrogens is 1. The number of methoxy groups -OCH3 is 1. The minimum absolute atomic E-state index is 0.0568. The molecule has 0 saturated carbocycles. The predicted octanol–water partition coefficient (Wildman–Crippen LogP) is 5.83. The van der Waals surface area contributed by atoms with E-state index in [2.05, 4.69) is 20.9 Å². The van der Waals surface area contributed by atoms with Crippen LogP contribution in [0.2, 0.25) is 0 Å². The number of hydrogen-bond acceptors (Lipinski definition) is 6. The molecule has 4 aromatic rings. The standard InChI is InChI=1S/C25H16BrFN2O4S/c1-33-17-8-5-13(6-9-17)22(30)20-21(14-3-2-4-15(26)11-14)29(24(32)23(20)31)25-28-18-10-7-16(27)12-19(18)34-25/h2-12,21,30H,1H3/t21-/m1/s1. The van der Waals surface area contributed by atoms with Crippen molar-refractivity contribution in [3.05, 3.63) is 93.7 Å². The van der Waals surface area contributed by atoms with Crippen molar-refractivity contribution in [2.24, 2.45) is 0 Å². The summed E-state index contributed by atoms with van der Waals surface area (Å²) in [6.07, 6.45) is 0. The van der Waals surface area contributed by atoms with E-state index in [1.807, 2.05) is 6.07 Å². The Bertz CT molecular complexity index is 1480. The molecule has 1 aliphatic rings. The molecule has 9 heteroatoms. The summed E-state index contributed by atoms with van der Waals surface area (Å²) in [5.41, 5.74) is 1.42. The lowest BCUT2D eigenvalue weighted by molar-refractivity contribution is -0.132. The normalized spacial score (nSPS) is 17.5. The van der Waals surface area contributed by atoms with Crippen molar-refractivity contribution < 1.29 is 23.8 Å². The highest BCUT2D eigenvalue weighted by Gasteiger charge is 2.48. The molecule has 1 fully saturated rings. The molecule has 34 heavy (non-hydrogen) atoms. The van der Waals surface area contributed by atoms with Gasteiger partial charge in [0.1, 0.15) is 17.3 Å². The summed E-state index contributed by atoms with van der Waals surface area (Å²) in [5, 5.41) is 11.4. The highest BCUT2D eigenvalue weighted by molar-refractivity contribution is 9.10. The molecule has 1 amide bonds. The van der Waals surface area contributed by atoms with E-state index in [9.17, 15) is 19.1 Å². The fourth-order valence-corrected chi connectivity index (χ4v) is 5.35. The Labute approximate surface area is 206 Å². The number of thiazole rings is 1. The Morgan fingerprint density at radius 3 is 2.59 bits per heavy atom. The molecule has 2 heterocycles. The summed E-state index contributed by atoms with van der Waals surface area (Å²) in [6, 6.07) is 16.9. The summed E-state index contributed by atoms with van der Waals surface area (Å²) in [6.45, 7) is 0. The van der Waals surface area contributed by atoms with Crippen molar-refractivity contribution in [3.8, 4) is 5.75 Å². The minimum Gasteiger partial charge on any atom is -0.507 e. The Morgan fingerprint density at radius 1 is 1.12 bits per heavy atom. The van der Waals surface area contributed by atoms with Crippen molar-refractivity contribution in [2.75, 3.05) is 12.0 Å². The van der Waals surface area contributed by atoms with Gasteiger partial charge in [-0.05, 0) is 60.2 Å². The maximum Gasteiger partial charge on any atom is 0.301 e. The third kappa shape index (κ3) is 3.76. The molecule has 6 nitrogen and oxygen atoms in total. The molecule has 5 rings (SSSR count). The van der Waals surface area contributed by atoms with Crippen LogP contribution in [0.5, 0.6) is 5.75 Å². The number of hydrogen-bond donors (Lipinski definition) is 1. The number of rotatable bonds is 4. The zero-order valence-corrected chi connectivity index (χ0v) is 20.1. The number of nitrogens with zero attached hydrogens (tertiary/aromatic N) is 2. The lowest BCUT2D eigenvalue weighted by Crippen LogP contribution is -2.29. The number of ether oxygens (including phenoxy) is 1. The quantitative estimate of drug-likeness (QED) is 0.201. The number of carbonyl (C=O) groups is 2. The molecule has 1 N–H and O–H groups in total. The zero-order valence-electron chi connectivity index (χ0n) is 17.7. The van der Waals surface area contributed by atoms with Crippen molar-refractivity contribution in [1.82, 2.24) is 4.98 Å². The first kappa shape index (κ1) is 22.2. The highest BCUT2D eigenvalue weighted by atomic mass is 79.9. The number of halogens is 2. The number of aliphatic hydroxyl groups is 1. The van der Waals surface area contributed by atoms with Crippen LogP contribution in [-0.2, 0) is 9.59 Å². The fourth-order valence-electron chi connectivity index (χ4n) is 3.92. The number of carbonyl (C=O) groups excluding carboxylic acids is 2. The molecule has 1 aliphatic heterocycles. The van der Waals surface area contributed by atoms with Crippen LogP contribution in [0.1, 0.15) is 17.2 Å². The first-order valence-electron chi connectivity index (χ1n) is 10.1. The first-order chi connectivity index (χ1) is 16.4. The molecule has 0 spiro atoms. The van der Waals surface area contributed by atoms with Gasteiger partial charge in [-0.3, -0.25) is 14.5 Å². The lowest BCUT2D eigenvalue weighted by Gasteiger charge is -2.23. The monoisotopic (exact) mass is 538 g/mol. The lowest BCUT2D eigenvalue weighted by atomic mass is 9.95. The van der Waals surface area contributed by atoms with Gasteiger partial charge in [0.25, 0.3) is 5.78 Å². The van der Waals surface area contributed by atoms with E-state index in [0.717, 1.165) is 15.8 Å². The Hall–Kier alpha value is -3.56. The summed E-state index contributed by atoms with van der Waals surface area (Å²) in [7, 11) is 1.53.